The van der Waals surface area contributed by atoms with Gasteiger partial charge >= 0.3 is 5.97 Å². The van der Waals surface area contributed by atoms with E-state index in [1.54, 1.807) is 11.0 Å². The molecule has 0 saturated heterocycles. The minimum absolute atomic E-state index is 0.0548. The molecule has 1 amide bonds. The smallest absolute Gasteiger partial charge is 0.338 e. The zero-order chi connectivity index (χ0) is 24.5. The lowest BCUT2D eigenvalue weighted by atomic mass is 10.0. The lowest BCUT2D eigenvalue weighted by Gasteiger charge is -2.23. The third-order valence-electron chi connectivity index (χ3n) is 5.67. The molecule has 0 saturated carbocycles. The molecule has 0 radical (unpaired) electrons. The molecule has 34 heavy (non-hydrogen) atoms. The number of hydrogen-bond acceptors (Lipinski definition) is 7. The van der Waals surface area contributed by atoms with Crippen molar-refractivity contribution >= 4 is 11.9 Å². The molecular formula is C25H28FN3O5. The number of ether oxygens (including phenoxy) is 2. The summed E-state index contributed by atoms with van der Waals surface area (Å²) in [5.74, 6) is -0.971. The normalized spacial score (nSPS) is 12.1. The van der Waals surface area contributed by atoms with Crippen LogP contribution in [0.4, 0.5) is 4.39 Å². The van der Waals surface area contributed by atoms with Crippen molar-refractivity contribution in [3.05, 3.63) is 64.0 Å². The van der Waals surface area contributed by atoms with E-state index < -0.39 is 5.82 Å². The molecule has 2 aromatic rings. The predicted octanol–water partition coefficient (Wildman–Crippen LogP) is 1.96. The summed E-state index contributed by atoms with van der Waals surface area (Å²) in [6.45, 7) is 2.22. The van der Waals surface area contributed by atoms with Crippen molar-refractivity contribution in [3.8, 4) is 11.8 Å². The Balaban J connectivity index is 1.52. The molecule has 0 aromatic heterocycles. The third kappa shape index (κ3) is 6.31. The van der Waals surface area contributed by atoms with Gasteiger partial charge in [-0.3, -0.25) is 4.79 Å². The van der Waals surface area contributed by atoms with E-state index in [1.165, 1.54) is 13.2 Å². The topological polar surface area (TPSA) is 112 Å². The first-order chi connectivity index (χ1) is 16.5. The number of esters is 1. The number of benzene rings is 2. The quantitative estimate of drug-likeness (QED) is 0.361. The van der Waals surface area contributed by atoms with E-state index in [0.29, 0.717) is 44.8 Å². The van der Waals surface area contributed by atoms with Gasteiger partial charge in [-0.1, -0.05) is 12.1 Å². The average molecular weight is 470 g/mol. The van der Waals surface area contributed by atoms with Gasteiger partial charge in [0, 0.05) is 37.4 Å². The Labute approximate surface area is 197 Å². The molecule has 1 aliphatic heterocycles. The number of hydrogen-bond donors (Lipinski definition) is 2. The molecule has 1 heterocycles. The second kappa shape index (κ2) is 12.1. The van der Waals surface area contributed by atoms with Crippen LogP contribution in [-0.4, -0.2) is 61.8 Å². The minimum atomic E-state index is -0.632. The number of methoxy groups -OCH3 is 1. The maximum absolute atomic E-state index is 14.4. The summed E-state index contributed by atoms with van der Waals surface area (Å²) < 4.78 is 24.5. The molecule has 0 aliphatic carbocycles. The molecule has 0 unspecified atom stereocenters. The fourth-order valence-electron chi connectivity index (χ4n) is 3.80. The van der Waals surface area contributed by atoms with Gasteiger partial charge in [-0.25, -0.2) is 9.18 Å². The summed E-state index contributed by atoms with van der Waals surface area (Å²) in [4.78, 5) is 26.0. The van der Waals surface area contributed by atoms with Crippen molar-refractivity contribution in [1.29, 1.82) is 5.26 Å². The number of rotatable bonds is 12. The predicted molar refractivity (Wildman–Crippen MR) is 122 cm³/mol. The SMILES string of the molecule is COc1cc(CC(=O)N(CCCO)CCNCCc2ccc3c(c2)COC3=O)c(F)cc1C#N. The van der Waals surface area contributed by atoms with E-state index in [-0.39, 0.29) is 41.8 Å². The van der Waals surface area contributed by atoms with Crippen LogP contribution in [0.5, 0.6) is 5.75 Å². The molecule has 9 heteroatoms. The summed E-state index contributed by atoms with van der Waals surface area (Å²) in [5.41, 5.74) is 2.82. The van der Waals surface area contributed by atoms with Crippen molar-refractivity contribution in [1.82, 2.24) is 10.2 Å². The number of aliphatic hydroxyl groups excluding tert-OH is 1. The Hall–Kier alpha value is -3.48. The van der Waals surface area contributed by atoms with E-state index in [1.807, 2.05) is 18.2 Å². The van der Waals surface area contributed by atoms with Crippen LogP contribution in [0.2, 0.25) is 0 Å². The molecule has 3 rings (SSSR count). The number of amides is 1. The lowest BCUT2D eigenvalue weighted by Crippen LogP contribution is -2.39. The van der Waals surface area contributed by atoms with Gasteiger partial charge < -0.3 is 24.8 Å². The highest BCUT2D eigenvalue weighted by molar-refractivity contribution is 5.93. The van der Waals surface area contributed by atoms with Crippen molar-refractivity contribution in [2.24, 2.45) is 0 Å². The van der Waals surface area contributed by atoms with E-state index in [0.717, 1.165) is 23.6 Å². The minimum Gasteiger partial charge on any atom is -0.495 e. The van der Waals surface area contributed by atoms with Gasteiger partial charge in [0.15, 0.2) is 0 Å². The highest BCUT2D eigenvalue weighted by Gasteiger charge is 2.21. The van der Waals surface area contributed by atoms with Crippen LogP contribution in [0.15, 0.2) is 30.3 Å². The highest BCUT2D eigenvalue weighted by Crippen LogP contribution is 2.23. The second-order valence-electron chi connectivity index (χ2n) is 7.96. The van der Waals surface area contributed by atoms with Crippen LogP contribution in [0, 0.1) is 17.1 Å². The van der Waals surface area contributed by atoms with Gasteiger partial charge in [0.1, 0.15) is 24.2 Å². The van der Waals surface area contributed by atoms with Gasteiger partial charge in [0.05, 0.1) is 24.7 Å². The number of nitriles is 1. The average Bonchev–Trinajstić information content (AvgIpc) is 3.21. The van der Waals surface area contributed by atoms with E-state index in [4.69, 9.17) is 14.7 Å². The molecule has 2 aromatic carbocycles. The molecule has 0 spiro atoms. The first-order valence-electron chi connectivity index (χ1n) is 11.1. The molecule has 8 nitrogen and oxygen atoms in total. The maximum atomic E-state index is 14.4. The van der Waals surface area contributed by atoms with Crippen molar-refractivity contribution < 1.29 is 28.6 Å². The summed E-state index contributed by atoms with van der Waals surface area (Å²) in [7, 11) is 1.38. The Morgan fingerprint density at radius 1 is 1.29 bits per heavy atom. The van der Waals surface area contributed by atoms with Crippen LogP contribution >= 0.6 is 0 Å². The van der Waals surface area contributed by atoms with Crippen LogP contribution in [0.25, 0.3) is 0 Å². The first-order valence-corrected chi connectivity index (χ1v) is 11.1. The first kappa shape index (κ1) is 25.1. The standard InChI is InChI=1S/C25H28FN3O5/c1-33-23-13-18(22(26)12-19(23)15-27)14-24(31)29(8-2-10-30)9-7-28-6-5-17-3-4-21-20(11-17)16-34-25(21)32/h3-4,11-13,28,30H,2,5-10,14,16H2,1H3. The number of carbonyl (C=O) groups is 2. The Morgan fingerprint density at radius 2 is 2.12 bits per heavy atom. The monoisotopic (exact) mass is 469 g/mol. The number of fused-ring (bicyclic) bond motifs is 1. The van der Waals surface area contributed by atoms with Gasteiger partial charge in [-0.15, -0.1) is 0 Å². The number of nitrogens with one attached hydrogen (secondary N) is 1. The third-order valence-corrected chi connectivity index (χ3v) is 5.67. The Morgan fingerprint density at radius 3 is 2.85 bits per heavy atom. The summed E-state index contributed by atoms with van der Waals surface area (Å²) in [5, 5.41) is 21.6. The molecule has 180 valence electrons. The zero-order valence-electron chi connectivity index (χ0n) is 19.1. The molecule has 0 bridgehead atoms. The van der Waals surface area contributed by atoms with Crippen LogP contribution in [0.1, 0.15) is 39.0 Å². The Bertz CT molecular complexity index is 1080. The number of aliphatic hydroxyl groups is 1. The van der Waals surface area contributed by atoms with Gasteiger partial charge in [0.25, 0.3) is 0 Å². The Kier molecular flexibility index (Phi) is 8.96. The van der Waals surface area contributed by atoms with Crippen molar-refractivity contribution in [2.75, 3.05) is 39.9 Å². The number of nitrogens with zero attached hydrogens (tertiary/aromatic N) is 2. The molecule has 2 N–H and O–H groups in total. The van der Waals surface area contributed by atoms with Crippen molar-refractivity contribution in [2.45, 2.75) is 25.9 Å². The fourth-order valence-corrected chi connectivity index (χ4v) is 3.80. The zero-order valence-corrected chi connectivity index (χ0v) is 19.1. The summed E-state index contributed by atoms with van der Waals surface area (Å²) in [6.07, 6.45) is 0.998. The van der Waals surface area contributed by atoms with Crippen LogP contribution in [-0.2, 0) is 29.0 Å². The van der Waals surface area contributed by atoms with E-state index in [2.05, 4.69) is 5.32 Å². The summed E-state index contributed by atoms with van der Waals surface area (Å²) in [6, 6.07) is 9.98. The molecule has 0 fully saturated rings. The van der Waals surface area contributed by atoms with Crippen LogP contribution in [0.3, 0.4) is 0 Å². The molecule has 0 atom stereocenters. The van der Waals surface area contributed by atoms with Gasteiger partial charge in [-0.2, -0.15) is 5.26 Å². The summed E-state index contributed by atoms with van der Waals surface area (Å²) >= 11 is 0. The van der Waals surface area contributed by atoms with Crippen molar-refractivity contribution in [3.63, 3.8) is 0 Å². The number of halogens is 1. The number of carbonyl (C=O) groups excluding carboxylic acids is 2. The fraction of sp³-hybridized carbons (Fsp3) is 0.400. The maximum Gasteiger partial charge on any atom is 0.338 e. The second-order valence-corrected chi connectivity index (χ2v) is 7.96. The van der Waals surface area contributed by atoms with Gasteiger partial charge in [-0.05, 0) is 43.1 Å². The molecular weight excluding hydrogens is 441 g/mol. The number of cyclic esters (lactones) is 1. The highest BCUT2D eigenvalue weighted by atomic mass is 19.1. The lowest BCUT2D eigenvalue weighted by molar-refractivity contribution is -0.130. The largest absolute Gasteiger partial charge is 0.495 e. The molecule has 1 aliphatic rings. The van der Waals surface area contributed by atoms with Gasteiger partial charge in [0.2, 0.25) is 5.91 Å². The van der Waals surface area contributed by atoms with E-state index >= 15 is 0 Å². The van der Waals surface area contributed by atoms with E-state index in [9.17, 15) is 19.1 Å². The van der Waals surface area contributed by atoms with Crippen LogP contribution < -0.4 is 10.1 Å².